The molecule has 1 saturated heterocycles. The number of carbonyl (C=O) groups is 2. The summed E-state index contributed by atoms with van der Waals surface area (Å²) in [7, 11) is 0. The molecule has 1 heterocycles. The number of unbranched alkanes of at least 4 members (excludes halogenated alkanes) is 1. The van der Waals surface area contributed by atoms with E-state index in [1.807, 2.05) is 6.92 Å². The smallest absolute Gasteiger partial charge is 0.338 e. The monoisotopic (exact) mass is 348 g/mol. The number of hydrogen-bond acceptors (Lipinski definition) is 5. The van der Waals surface area contributed by atoms with Crippen molar-refractivity contribution in [3.8, 4) is 0 Å². The number of nitrogens with one attached hydrogen (secondary N) is 1. The number of nitrogens with zero attached hydrogens (tertiary/aromatic N) is 1. The van der Waals surface area contributed by atoms with E-state index < -0.39 is 0 Å². The first-order valence-electron chi connectivity index (χ1n) is 8.99. The molecule has 0 spiro atoms. The minimum Gasteiger partial charge on any atom is -0.462 e. The highest BCUT2D eigenvalue weighted by molar-refractivity contribution is 5.93. The SMILES string of the molecule is CCCCOC(=O)c1ccc(NC(=O)CC(C)N2CCOCC2)cc1. The number of carbonyl (C=O) groups excluding carboxylic acids is 2. The summed E-state index contributed by atoms with van der Waals surface area (Å²) in [6, 6.07) is 6.99. The van der Waals surface area contributed by atoms with Crippen molar-refractivity contribution in [3.05, 3.63) is 29.8 Å². The molecule has 1 atom stereocenters. The van der Waals surface area contributed by atoms with Crippen LogP contribution in [-0.4, -0.2) is 55.7 Å². The number of morpholine rings is 1. The van der Waals surface area contributed by atoms with Gasteiger partial charge in [0.05, 0.1) is 25.4 Å². The summed E-state index contributed by atoms with van der Waals surface area (Å²) >= 11 is 0. The summed E-state index contributed by atoms with van der Waals surface area (Å²) in [5, 5.41) is 2.88. The quantitative estimate of drug-likeness (QED) is 0.578. The van der Waals surface area contributed by atoms with Gasteiger partial charge in [-0.2, -0.15) is 0 Å². The average Bonchev–Trinajstić information content (AvgIpc) is 2.63. The van der Waals surface area contributed by atoms with Crippen LogP contribution in [0.15, 0.2) is 24.3 Å². The van der Waals surface area contributed by atoms with Crippen LogP contribution >= 0.6 is 0 Å². The average molecular weight is 348 g/mol. The van der Waals surface area contributed by atoms with Crippen LogP contribution in [0.1, 0.15) is 43.5 Å². The highest BCUT2D eigenvalue weighted by atomic mass is 16.5. The summed E-state index contributed by atoms with van der Waals surface area (Å²) in [5.41, 5.74) is 1.18. The van der Waals surface area contributed by atoms with Crippen LogP contribution in [-0.2, 0) is 14.3 Å². The van der Waals surface area contributed by atoms with E-state index >= 15 is 0 Å². The molecule has 1 N–H and O–H groups in total. The molecule has 1 unspecified atom stereocenters. The van der Waals surface area contributed by atoms with Crippen LogP contribution in [0, 0.1) is 0 Å². The Kier molecular flexibility index (Phi) is 7.88. The topological polar surface area (TPSA) is 67.9 Å². The van der Waals surface area contributed by atoms with Gasteiger partial charge in [0.25, 0.3) is 0 Å². The lowest BCUT2D eigenvalue weighted by Gasteiger charge is -2.31. The third-order valence-corrected chi connectivity index (χ3v) is 4.29. The Morgan fingerprint density at radius 1 is 1.24 bits per heavy atom. The predicted octanol–water partition coefficient (Wildman–Crippen LogP) is 2.69. The Bertz CT molecular complexity index is 553. The van der Waals surface area contributed by atoms with Crippen molar-refractivity contribution in [2.45, 2.75) is 39.2 Å². The molecule has 1 amide bonds. The van der Waals surface area contributed by atoms with Gasteiger partial charge in [-0.05, 0) is 37.6 Å². The lowest BCUT2D eigenvalue weighted by molar-refractivity contribution is -0.117. The standard InChI is InChI=1S/C19H28N2O4/c1-3-4-11-25-19(23)16-5-7-17(8-6-16)20-18(22)14-15(2)21-9-12-24-13-10-21/h5-8,15H,3-4,9-14H2,1-2H3,(H,20,22). The Hall–Kier alpha value is -1.92. The summed E-state index contributed by atoms with van der Waals surface area (Å²) in [5.74, 6) is -0.357. The zero-order valence-electron chi connectivity index (χ0n) is 15.1. The number of esters is 1. The van der Waals surface area contributed by atoms with Crippen molar-refractivity contribution in [1.82, 2.24) is 4.90 Å². The molecule has 6 nitrogen and oxygen atoms in total. The predicted molar refractivity (Wildman–Crippen MR) is 96.7 cm³/mol. The van der Waals surface area contributed by atoms with Gasteiger partial charge in [0.1, 0.15) is 0 Å². The van der Waals surface area contributed by atoms with Crippen molar-refractivity contribution in [3.63, 3.8) is 0 Å². The van der Waals surface area contributed by atoms with E-state index in [9.17, 15) is 9.59 Å². The molecule has 138 valence electrons. The van der Waals surface area contributed by atoms with Gasteiger partial charge in [-0.15, -0.1) is 0 Å². The summed E-state index contributed by atoms with van der Waals surface area (Å²) < 4.78 is 10.5. The molecular formula is C19H28N2O4. The summed E-state index contributed by atoms with van der Waals surface area (Å²) in [6.45, 7) is 7.72. The maximum absolute atomic E-state index is 12.2. The normalized spacial score (nSPS) is 16.2. The van der Waals surface area contributed by atoms with Gasteiger partial charge < -0.3 is 14.8 Å². The zero-order valence-corrected chi connectivity index (χ0v) is 15.1. The molecule has 0 aliphatic carbocycles. The van der Waals surface area contributed by atoms with Crippen molar-refractivity contribution in [2.24, 2.45) is 0 Å². The van der Waals surface area contributed by atoms with Crippen LogP contribution in [0.3, 0.4) is 0 Å². The van der Waals surface area contributed by atoms with E-state index in [4.69, 9.17) is 9.47 Å². The molecule has 0 saturated carbocycles. The van der Waals surface area contributed by atoms with Crippen LogP contribution in [0.5, 0.6) is 0 Å². The first kappa shape index (κ1) is 19.4. The van der Waals surface area contributed by atoms with Gasteiger partial charge >= 0.3 is 5.97 Å². The Labute approximate surface area is 149 Å². The van der Waals surface area contributed by atoms with Crippen molar-refractivity contribution >= 4 is 17.6 Å². The minimum atomic E-state index is -0.327. The van der Waals surface area contributed by atoms with Crippen molar-refractivity contribution < 1.29 is 19.1 Å². The van der Waals surface area contributed by atoms with Gasteiger partial charge in [0, 0.05) is 31.2 Å². The fourth-order valence-electron chi connectivity index (χ4n) is 2.71. The molecule has 0 aromatic heterocycles. The van der Waals surface area contributed by atoms with Crippen molar-refractivity contribution in [1.29, 1.82) is 0 Å². The first-order chi connectivity index (χ1) is 12.1. The third kappa shape index (κ3) is 6.48. The van der Waals surface area contributed by atoms with Crippen LogP contribution < -0.4 is 5.32 Å². The van der Waals surface area contributed by atoms with E-state index in [0.29, 0.717) is 24.3 Å². The zero-order chi connectivity index (χ0) is 18.1. The van der Waals surface area contributed by atoms with Gasteiger partial charge in [0.2, 0.25) is 5.91 Å². The number of anilines is 1. The maximum atomic E-state index is 12.2. The number of amides is 1. The third-order valence-electron chi connectivity index (χ3n) is 4.29. The fourth-order valence-corrected chi connectivity index (χ4v) is 2.71. The number of rotatable bonds is 8. The van der Waals surface area contributed by atoms with Crippen LogP contribution in [0.4, 0.5) is 5.69 Å². The van der Waals surface area contributed by atoms with E-state index in [0.717, 1.165) is 39.1 Å². The molecule has 1 fully saturated rings. The molecule has 6 heteroatoms. The second kappa shape index (κ2) is 10.2. The second-order valence-corrected chi connectivity index (χ2v) is 6.32. The van der Waals surface area contributed by atoms with Gasteiger partial charge in [-0.25, -0.2) is 4.79 Å². The molecule has 1 aromatic carbocycles. The molecule has 2 rings (SSSR count). The van der Waals surface area contributed by atoms with Crippen LogP contribution in [0.2, 0.25) is 0 Å². The van der Waals surface area contributed by atoms with Crippen LogP contribution in [0.25, 0.3) is 0 Å². The maximum Gasteiger partial charge on any atom is 0.338 e. The minimum absolute atomic E-state index is 0.0303. The molecule has 1 aliphatic heterocycles. The lowest BCUT2D eigenvalue weighted by atomic mass is 10.1. The van der Waals surface area contributed by atoms with Gasteiger partial charge in [0.15, 0.2) is 0 Å². The number of benzene rings is 1. The Morgan fingerprint density at radius 3 is 2.56 bits per heavy atom. The van der Waals surface area contributed by atoms with E-state index in [-0.39, 0.29) is 17.9 Å². The Balaban J connectivity index is 1.79. The second-order valence-electron chi connectivity index (χ2n) is 6.32. The van der Waals surface area contributed by atoms with Crippen molar-refractivity contribution in [2.75, 3.05) is 38.2 Å². The van der Waals surface area contributed by atoms with E-state index in [1.165, 1.54) is 0 Å². The molecule has 0 bridgehead atoms. The molecule has 1 aromatic rings. The highest BCUT2D eigenvalue weighted by Crippen LogP contribution is 2.13. The first-order valence-corrected chi connectivity index (χ1v) is 8.99. The fraction of sp³-hybridized carbons (Fsp3) is 0.579. The molecule has 0 radical (unpaired) electrons. The Morgan fingerprint density at radius 2 is 1.92 bits per heavy atom. The molecule has 1 aliphatic rings. The largest absolute Gasteiger partial charge is 0.462 e. The highest BCUT2D eigenvalue weighted by Gasteiger charge is 2.19. The molecular weight excluding hydrogens is 320 g/mol. The lowest BCUT2D eigenvalue weighted by Crippen LogP contribution is -2.43. The number of ether oxygens (including phenoxy) is 2. The van der Waals surface area contributed by atoms with Gasteiger partial charge in [-0.1, -0.05) is 13.3 Å². The number of hydrogen-bond donors (Lipinski definition) is 1. The summed E-state index contributed by atoms with van der Waals surface area (Å²) in [4.78, 5) is 26.3. The van der Waals surface area contributed by atoms with E-state index in [1.54, 1.807) is 24.3 Å². The summed E-state index contributed by atoms with van der Waals surface area (Å²) in [6.07, 6.45) is 2.28. The van der Waals surface area contributed by atoms with E-state index in [2.05, 4.69) is 17.1 Å². The van der Waals surface area contributed by atoms with Gasteiger partial charge in [-0.3, -0.25) is 9.69 Å². The molecule has 25 heavy (non-hydrogen) atoms.